The van der Waals surface area contributed by atoms with Gasteiger partial charge in [-0.15, -0.1) is 0 Å². The van der Waals surface area contributed by atoms with Gasteiger partial charge >= 0.3 is 0 Å². The van der Waals surface area contributed by atoms with E-state index in [2.05, 4.69) is 23.1 Å². The summed E-state index contributed by atoms with van der Waals surface area (Å²) in [7, 11) is 1.75. The van der Waals surface area contributed by atoms with Gasteiger partial charge in [0.25, 0.3) is 0 Å². The molecule has 1 aliphatic carbocycles. The van der Waals surface area contributed by atoms with Crippen LogP contribution in [0, 0.1) is 5.92 Å². The Morgan fingerprint density at radius 2 is 1.96 bits per heavy atom. The van der Waals surface area contributed by atoms with Gasteiger partial charge in [0, 0.05) is 19.4 Å². The van der Waals surface area contributed by atoms with Crippen molar-refractivity contribution < 1.29 is 13.9 Å². The fourth-order valence-electron chi connectivity index (χ4n) is 4.38. The quantitative estimate of drug-likeness (QED) is 0.847. The molecule has 4 rings (SSSR count). The van der Waals surface area contributed by atoms with Crippen molar-refractivity contribution in [3.8, 4) is 5.75 Å². The molecule has 0 radical (unpaired) electrons. The van der Waals surface area contributed by atoms with Crippen molar-refractivity contribution in [3.05, 3.63) is 53.5 Å². The number of likely N-dealkylation sites (tertiary alicyclic amines) is 1. The maximum atomic E-state index is 12.2. The van der Waals surface area contributed by atoms with Crippen LogP contribution in [0.1, 0.15) is 46.9 Å². The van der Waals surface area contributed by atoms with Gasteiger partial charge in [-0.3, -0.25) is 4.79 Å². The highest BCUT2D eigenvalue weighted by molar-refractivity contribution is 5.98. The summed E-state index contributed by atoms with van der Waals surface area (Å²) >= 11 is 0. The molecule has 2 heterocycles. The van der Waals surface area contributed by atoms with Crippen molar-refractivity contribution in [1.29, 1.82) is 0 Å². The lowest BCUT2D eigenvalue weighted by Gasteiger charge is -2.35. The summed E-state index contributed by atoms with van der Waals surface area (Å²) in [5.41, 5.74) is 2.13. The molecule has 2 aromatic rings. The second-order valence-electron chi connectivity index (χ2n) is 7.27. The first-order valence-electron chi connectivity index (χ1n) is 9.19. The number of nitrogens with zero attached hydrogens (tertiary/aromatic N) is 1. The molecule has 132 valence electrons. The number of ether oxygens (including phenoxy) is 1. The fraction of sp³-hybridized carbons (Fsp3) is 0.476. The number of hydrogen-bond donors (Lipinski definition) is 0. The van der Waals surface area contributed by atoms with Crippen LogP contribution in [-0.4, -0.2) is 37.4 Å². The predicted octanol–water partition coefficient (Wildman–Crippen LogP) is 3.91. The summed E-state index contributed by atoms with van der Waals surface area (Å²) < 4.78 is 11.0. The van der Waals surface area contributed by atoms with Gasteiger partial charge in [-0.2, -0.15) is 0 Å². The first-order chi connectivity index (χ1) is 12.2. The maximum absolute atomic E-state index is 12.2. The highest BCUT2D eigenvalue weighted by atomic mass is 16.5. The summed E-state index contributed by atoms with van der Waals surface area (Å²) in [6.07, 6.45) is 5.48. The van der Waals surface area contributed by atoms with Crippen LogP contribution in [0.4, 0.5) is 0 Å². The number of furan rings is 1. The first kappa shape index (κ1) is 16.4. The molecule has 25 heavy (non-hydrogen) atoms. The van der Waals surface area contributed by atoms with E-state index in [1.807, 2.05) is 12.1 Å². The van der Waals surface area contributed by atoms with Crippen LogP contribution in [0.15, 0.2) is 41.0 Å². The number of ketones is 1. The minimum absolute atomic E-state index is 0.240. The van der Waals surface area contributed by atoms with Crippen molar-refractivity contribution in [2.75, 3.05) is 26.7 Å². The van der Waals surface area contributed by atoms with E-state index in [0.717, 1.165) is 56.0 Å². The molecule has 0 N–H and O–H groups in total. The predicted molar refractivity (Wildman–Crippen MR) is 96.3 cm³/mol. The zero-order chi connectivity index (χ0) is 17.2. The van der Waals surface area contributed by atoms with E-state index in [4.69, 9.17) is 9.15 Å². The molecule has 0 spiro atoms. The van der Waals surface area contributed by atoms with Gasteiger partial charge in [-0.05, 0) is 55.5 Å². The number of Topliss-reactive ketones (excluding diaryl/α,β-unsaturated/α-hetero) is 1. The molecule has 2 aliphatic rings. The van der Waals surface area contributed by atoms with Crippen LogP contribution in [0.5, 0.6) is 5.75 Å². The number of benzene rings is 1. The van der Waals surface area contributed by atoms with Crippen LogP contribution >= 0.6 is 0 Å². The molecule has 1 aromatic heterocycles. The van der Waals surface area contributed by atoms with Crippen LogP contribution in [0.3, 0.4) is 0 Å². The maximum Gasteiger partial charge on any atom is 0.166 e. The standard InChI is InChI=1S/C21H25NO3/c1-24-20-5-3-2-4-17(20)16-6-9-22(10-7-16)14-15-12-19(23)18-8-11-25-21(18)13-15/h2-5,8,11,15-16H,6-7,9-10,12-14H2,1H3. The second-order valence-corrected chi connectivity index (χ2v) is 7.27. The lowest BCUT2D eigenvalue weighted by Crippen LogP contribution is -2.38. The number of carbonyl (C=O) groups is 1. The smallest absolute Gasteiger partial charge is 0.166 e. The summed E-state index contributed by atoms with van der Waals surface area (Å²) in [6.45, 7) is 3.15. The van der Waals surface area contributed by atoms with Crippen LogP contribution < -0.4 is 4.74 Å². The molecule has 1 atom stereocenters. The van der Waals surface area contributed by atoms with E-state index >= 15 is 0 Å². The second kappa shape index (κ2) is 7.04. The van der Waals surface area contributed by atoms with E-state index in [9.17, 15) is 4.79 Å². The Balaban J connectivity index is 1.35. The molecule has 1 aliphatic heterocycles. The molecular weight excluding hydrogens is 314 g/mol. The number of rotatable bonds is 4. The highest BCUT2D eigenvalue weighted by Gasteiger charge is 2.30. The third-order valence-corrected chi connectivity index (χ3v) is 5.68. The van der Waals surface area contributed by atoms with Gasteiger partial charge in [0.1, 0.15) is 11.5 Å². The van der Waals surface area contributed by atoms with Crippen molar-refractivity contribution >= 4 is 5.78 Å². The van der Waals surface area contributed by atoms with Crippen LogP contribution in [0.25, 0.3) is 0 Å². The molecule has 0 saturated carbocycles. The van der Waals surface area contributed by atoms with E-state index in [1.165, 1.54) is 5.56 Å². The van der Waals surface area contributed by atoms with Crippen molar-refractivity contribution in [1.82, 2.24) is 4.90 Å². The molecule has 1 aromatic carbocycles. The van der Waals surface area contributed by atoms with Gasteiger partial charge < -0.3 is 14.1 Å². The van der Waals surface area contributed by atoms with Crippen molar-refractivity contribution in [2.24, 2.45) is 5.92 Å². The SMILES string of the molecule is COc1ccccc1C1CCN(CC2CC(=O)c3ccoc3C2)CC1. The van der Waals surface area contributed by atoms with E-state index in [1.54, 1.807) is 13.4 Å². The Morgan fingerprint density at radius 3 is 2.76 bits per heavy atom. The summed E-state index contributed by atoms with van der Waals surface area (Å²) in [5.74, 6) is 3.07. The number of piperidine rings is 1. The first-order valence-corrected chi connectivity index (χ1v) is 9.19. The molecule has 1 fully saturated rings. The molecule has 1 unspecified atom stereocenters. The monoisotopic (exact) mass is 339 g/mol. The zero-order valence-electron chi connectivity index (χ0n) is 14.7. The van der Waals surface area contributed by atoms with Gasteiger partial charge in [0.2, 0.25) is 0 Å². The topological polar surface area (TPSA) is 42.7 Å². The lowest BCUT2D eigenvalue weighted by molar-refractivity contribution is 0.0914. The normalized spacial score (nSPS) is 22.0. The van der Waals surface area contributed by atoms with Crippen LogP contribution in [0.2, 0.25) is 0 Å². The lowest BCUT2D eigenvalue weighted by atomic mass is 9.85. The summed E-state index contributed by atoms with van der Waals surface area (Å²) in [4.78, 5) is 14.7. The number of fused-ring (bicyclic) bond motifs is 1. The molecule has 0 bridgehead atoms. The number of carbonyl (C=O) groups excluding carboxylic acids is 1. The van der Waals surface area contributed by atoms with E-state index < -0.39 is 0 Å². The average Bonchev–Trinajstić information content (AvgIpc) is 3.11. The minimum atomic E-state index is 0.240. The Labute approximate surface area is 148 Å². The van der Waals surface area contributed by atoms with E-state index in [0.29, 0.717) is 18.3 Å². The van der Waals surface area contributed by atoms with Crippen molar-refractivity contribution in [2.45, 2.75) is 31.6 Å². The Bertz CT molecular complexity index is 743. The molecule has 0 amide bonds. The fourth-order valence-corrected chi connectivity index (χ4v) is 4.38. The number of hydrogen-bond acceptors (Lipinski definition) is 4. The van der Waals surface area contributed by atoms with E-state index in [-0.39, 0.29) is 5.78 Å². The molecule has 1 saturated heterocycles. The number of para-hydroxylation sites is 1. The molecule has 4 heteroatoms. The third-order valence-electron chi connectivity index (χ3n) is 5.68. The Kier molecular flexibility index (Phi) is 4.62. The van der Waals surface area contributed by atoms with Crippen LogP contribution in [-0.2, 0) is 6.42 Å². The summed E-state index contributed by atoms with van der Waals surface area (Å²) in [6, 6.07) is 10.2. The van der Waals surface area contributed by atoms with Gasteiger partial charge in [-0.1, -0.05) is 18.2 Å². The zero-order valence-corrected chi connectivity index (χ0v) is 14.7. The Morgan fingerprint density at radius 1 is 1.16 bits per heavy atom. The van der Waals surface area contributed by atoms with Gasteiger partial charge in [-0.25, -0.2) is 0 Å². The Hall–Kier alpha value is -2.07. The molecule has 4 nitrogen and oxygen atoms in total. The van der Waals surface area contributed by atoms with Gasteiger partial charge in [0.15, 0.2) is 5.78 Å². The summed E-state index contributed by atoms with van der Waals surface area (Å²) in [5, 5.41) is 0. The van der Waals surface area contributed by atoms with Gasteiger partial charge in [0.05, 0.1) is 18.9 Å². The minimum Gasteiger partial charge on any atom is -0.496 e. The largest absolute Gasteiger partial charge is 0.496 e. The third kappa shape index (κ3) is 3.36. The molecular formula is C21H25NO3. The van der Waals surface area contributed by atoms with Crippen molar-refractivity contribution in [3.63, 3.8) is 0 Å². The highest BCUT2D eigenvalue weighted by Crippen LogP contribution is 2.35. The number of methoxy groups -OCH3 is 1. The average molecular weight is 339 g/mol.